The van der Waals surface area contributed by atoms with Crippen molar-refractivity contribution < 1.29 is 14.3 Å². The maximum absolute atomic E-state index is 13.7. The lowest BCUT2D eigenvalue weighted by Crippen LogP contribution is -2.11. The van der Waals surface area contributed by atoms with E-state index in [1.165, 1.54) is 12.1 Å². The SMILES string of the molecule is CCc1cc(O)c2c3c(C(N)=O)cccc3n(Cc3cccc(F)c3)c2c1. The number of nitrogens with zero attached hydrogens (tertiary/aromatic N) is 1. The summed E-state index contributed by atoms with van der Waals surface area (Å²) in [7, 11) is 0. The molecule has 4 aromatic rings. The first-order chi connectivity index (χ1) is 13.0. The smallest absolute Gasteiger partial charge is 0.249 e. The average molecular weight is 362 g/mol. The van der Waals surface area contributed by atoms with Gasteiger partial charge in [0, 0.05) is 17.5 Å². The van der Waals surface area contributed by atoms with E-state index in [9.17, 15) is 14.3 Å². The second-order valence-electron chi connectivity index (χ2n) is 6.64. The van der Waals surface area contributed by atoms with Gasteiger partial charge in [-0.05, 0) is 53.9 Å². The van der Waals surface area contributed by atoms with E-state index >= 15 is 0 Å². The van der Waals surface area contributed by atoms with Crippen molar-refractivity contribution in [2.75, 3.05) is 0 Å². The molecule has 136 valence electrons. The normalized spacial score (nSPS) is 11.3. The van der Waals surface area contributed by atoms with Gasteiger partial charge in [0.25, 0.3) is 0 Å². The van der Waals surface area contributed by atoms with Gasteiger partial charge in [-0.1, -0.05) is 25.1 Å². The summed E-state index contributed by atoms with van der Waals surface area (Å²) >= 11 is 0. The average Bonchev–Trinajstić information content (AvgIpc) is 2.96. The van der Waals surface area contributed by atoms with E-state index in [1.54, 1.807) is 24.3 Å². The number of rotatable bonds is 4. The maximum Gasteiger partial charge on any atom is 0.249 e. The summed E-state index contributed by atoms with van der Waals surface area (Å²) in [4.78, 5) is 12.0. The molecule has 0 aliphatic rings. The van der Waals surface area contributed by atoms with Gasteiger partial charge in [-0.2, -0.15) is 0 Å². The second kappa shape index (κ2) is 6.43. The lowest BCUT2D eigenvalue weighted by Gasteiger charge is -2.09. The van der Waals surface area contributed by atoms with Crippen LogP contribution in [0.1, 0.15) is 28.4 Å². The summed E-state index contributed by atoms with van der Waals surface area (Å²) in [6.07, 6.45) is 0.758. The highest BCUT2D eigenvalue weighted by Crippen LogP contribution is 2.38. The van der Waals surface area contributed by atoms with Gasteiger partial charge in [-0.15, -0.1) is 0 Å². The number of hydrogen-bond donors (Lipinski definition) is 2. The Labute approximate surface area is 155 Å². The van der Waals surface area contributed by atoms with E-state index in [0.717, 1.165) is 28.6 Å². The molecule has 1 heterocycles. The number of fused-ring (bicyclic) bond motifs is 3. The number of carbonyl (C=O) groups is 1. The van der Waals surface area contributed by atoms with E-state index in [1.807, 2.05) is 29.7 Å². The number of aromatic nitrogens is 1. The van der Waals surface area contributed by atoms with E-state index in [2.05, 4.69) is 0 Å². The van der Waals surface area contributed by atoms with Crippen LogP contribution < -0.4 is 5.73 Å². The predicted molar refractivity (Wildman–Crippen MR) is 105 cm³/mol. The van der Waals surface area contributed by atoms with Crippen LogP contribution in [0.25, 0.3) is 21.8 Å². The zero-order chi connectivity index (χ0) is 19.1. The monoisotopic (exact) mass is 362 g/mol. The predicted octanol–water partition coefficient (Wildman–Crippen LogP) is 4.35. The zero-order valence-corrected chi connectivity index (χ0v) is 14.9. The molecule has 4 nitrogen and oxygen atoms in total. The van der Waals surface area contributed by atoms with Crippen molar-refractivity contribution >= 4 is 27.7 Å². The van der Waals surface area contributed by atoms with Crippen LogP contribution in [-0.4, -0.2) is 15.6 Å². The topological polar surface area (TPSA) is 68.2 Å². The Morgan fingerprint density at radius 2 is 1.81 bits per heavy atom. The molecule has 0 unspecified atom stereocenters. The summed E-state index contributed by atoms with van der Waals surface area (Å²) in [6.45, 7) is 2.42. The lowest BCUT2D eigenvalue weighted by atomic mass is 10.0. The Hall–Kier alpha value is -3.34. The molecule has 1 aromatic heterocycles. The van der Waals surface area contributed by atoms with Crippen LogP contribution in [0.15, 0.2) is 54.6 Å². The molecule has 0 bridgehead atoms. The molecule has 0 aliphatic heterocycles. The van der Waals surface area contributed by atoms with E-state index in [4.69, 9.17) is 5.73 Å². The van der Waals surface area contributed by atoms with Crippen molar-refractivity contribution in [3.05, 3.63) is 77.1 Å². The molecule has 0 radical (unpaired) electrons. The number of phenolic OH excluding ortho intramolecular Hbond substituents is 1. The highest BCUT2D eigenvalue weighted by atomic mass is 19.1. The molecular formula is C22H19FN2O2. The van der Waals surface area contributed by atoms with Crippen molar-refractivity contribution in [2.45, 2.75) is 19.9 Å². The molecular weight excluding hydrogens is 343 g/mol. The third-order valence-electron chi connectivity index (χ3n) is 4.93. The molecule has 27 heavy (non-hydrogen) atoms. The number of nitrogens with two attached hydrogens (primary N) is 1. The molecule has 3 N–H and O–H groups in total. The molecule has 4 rings (SSSR count). The van der Waals surface area contributed by atoms with E-state index in [0.29, 0.717) is 22.9 Å². The molecule has 5 heteroatoms. The summed E-state index contributed by atoms with van der Waals surface area (Å²) < 4.78 is 15.7. The number of benzene rings is 3. The first kappa shape index (κ1) is 17.1. The van der Waals surface area contributed by atoms with Crippen LogP contribution in [0.3, 0.4) is 0 Å². The summed E-state index contributed by atoms with van der Waals surface area (Å²) in [6, 6.07) is 15.4. The van der Waals surface area contributed by atoms with Gasteiger partial charge in [0.05, 0.1) is 16.4 Å². The molecule has 0 spiro atoms. The third-order valence-corrected chi connectivity index (χ3v) is 4.93. The van der Waals surface area contributed by atoms with Crippen molar-refractivity contribution in [3.8, 4) is 5.75 Å². The Morgan fingerprint density at radius 1 is 1.04 bits per heavy atom. The lowest BCUT2D eigenvalue weighted by molar-refractivity contribution is 0.100. The van der Waals surface area contributed by atoms with Crippen molar-refractivity contribution in [3.63, 3.8) is 0 Å². The van der Waals surface area contributed by atoms with E-state index < -0.39 is 5.91 Å². The standard InChI is InChI=1S/C22H19FN2O2/c1-2-13-10-18-21(19(26)11-13)20-16(22(24)27)7-4-8-17(20)25(18)12-14-5-3-6-15(23)9-14/h3-11,26H,2,12H2,1H3,(H2,24,27). The van der Waals surface area contributed by atoms with Crippen molar-refractivity contribution in [1.29, 1.82) is 0 Å². The number of halogens is 1. The summed E-state index contributed by atoms with van der Waals surface area (Å²) in [5.41, 5.74) is 9.27. The largest absolute Gasteiger partial charge is 0.507 e. The fourth-order valence-electron chi connectivity index (χ4n) is 3.69. The highest BCUT2D eigenvalue weighted by Gasteiger charge is 2.19. The Morgan fingerprint density at radius 3 is 2.52 bits per heavy atom. The molecule has 0 saturated heterocycles. The summed E-state index contributed by atoms with van der Waals surface area (Å²) in [5.74, 6) is -0.742. The van der Waals surface area contributed by atoms with Crippen molar-refractivity contribution in [2.24, 2.45) is 5.73 Å². The Bertz CT molecular complexity index is 1190. The molecule has 3 aromatic carbocycles. The number of primary amides is 1. The molecule has 0 atom stereocenters. The van der Waals surface area contributed by atoms with Gasteiger partial charge in [0.2, 0.25) is 5.91 Å². The summed E-state index contributed by atoms with van der Waals surface area (Å²) in [5, 5.41) is 11.9. The first-order valence-corrected chi connectivity index (χ1v) is 8.80. The Kier molecular flexibility index (Phi) is 4.07. The Balaban J connectivity index is 2.10. The van der Waals surface area contributed by atoms with Gasteiger partial charge >= 0.3 is 0 Å². The maximum atomic E-state index is 13.7. The second-order valence-corrected chi connectivity index (χ2v) is 6.64. The number of carbonyl (C=O) groups excluding carboxylic acids is 1. The number of aromatic hydroxyl groups is 1. The fraction of sp³-hybridized carbons (Fsp3) is 0.136. The van der Waals surface area contributed by atoms with Gasteiger partial charge in [0.1, 0.15) is 11.6 Å². The van der Waals surface area contributed by atoms with E-state index in [-0.39, 0.29) is 11.6 Å². The number of aryl methyl sites for hydroxylation is 1. The number of amides is 1. The van der Waals surface area contributed by atoms with Crippen LogP contribution in [-0.2, 0) is 13.0 Å². The van der Waals surface area contributed by atoms with Gasteiger partial charge < -0.3 is 15.4 Å². The minimum Gasteiger partial charge on any atom is -0.507 e. The minimum absolute atomic E-state index is 0.112. The van der Waals surface area contributed by atoms with Crippen molar-refractivity contribution in [1.82, 2.24) is 4.57 Å². The molecule has 0 aliphatic carbocycles. The van der Waals surface area contributed by atoms with Crippen LogP contribution in [0.4, 0.5) is 4.39 Å². The zero-order valence-electron chi connectivity index (χ0n) is 14.9. The van der Waals surface area contributed by atoms with Gasteiger partial charge in [-0.25, -0.2) is 4.39 Å². The molecule has 1 amide bonds. The molecule has 0 saturated carbocycles. The van der Waals surface area contributed by atoms with Crippen LogP contribution in [0.2, 0.25) is 0 Å². The van der Waals surface area contributed by atoms with Crippen LogP contribution in [0, 0.1) is 5.82 Å². The minimum atomic E-state index is -0.552. The quantitative estimate of drug-likeness (QED) is 0.567. The number of hydrogen-bond acceptors (Lipinski definition) is 2. The molecule has 0 fully saturated rings. The highest BCUT2D eigenvalue weighted by molar-refractivity contribution is 6.19. The third kappa shape index (κ3) is 2.81. The first-order valence-electron chi connectivity index (χ1n) is 8.80. The van der Waals surface area contributed by atoms with Gasteiger partial charge in [-0.3, -0.25) is 4.79 Å². The number of phenols is 1. The van der Waals surface area contributed by atoms with Crippen LogP contribution in [0.5, 0.6) is 5.75 Å². The van der Waals surface area contributed by atoms with Gasteiger partial charge in [0.15, 0.2) is 0 Å². The fourth-order valence-corrected chi connectivity index (χ4v) is 3.69. The van der Waals surface area contributed by atoms with Crippen LogP contribution >= 0.6 is 0 Å².